The normalized spacial score (nSPS) is 30.6. The molecule has 0 amide bonds. The van der Waals surface area contributed by atoms with E-state index >= 15 is 0 Å². The standard InChI is InChI=1S/C14H14Cl2F2/c1-7(2)11-12(14(11,3)16)8-4-9(13(17)18)6-10(15)5-8/h4-6,11-13H,1H2,2-3H3. The van der Waals surface area contributed by atoms with Crippen molar-refractivity contribution in [3.8, 4) is 0 Å². The van der Waals surface area contributed by atoms with Crippen molar-refractivity contribution in [1.29, 1.82) is 0 Å². The second-order valence-electron chi connectivity index (χ2n) is 5.07. The largest absolute Gasteiger partial charge is 0.263 e. The predicted octanol–water partition coefficient (Wildman–Crippen LogP) is 5.56. The summed E-state index contributed by atoms with van der Waals surface area (Å²) in [5.74, 6) is 0.121. The Kier molecular flexibility index (Phi) is 3.46. The zero-order valence-corrected chi connectivity index (χ0v) is 11.7. The second-order valence-corrected chi connectivity index (χ2v) is 6.32. The molecule has 3 unspecified atom stereocenters. The quantitative estimate of drug-likeness (QED) is 0.505. The number of rotatable bonds is 3. The molecule has 0 radical (unpaired) electrons. The Morgan fingerprint density at radius 3 is 2.44 bits per heavy atom. The summed E-state index contributed by atoms with van der Waals surface area (Å²) < 4.78 is 25.5. The van der Waals surface area contributed by atoms with Gasteiger partial charge in [-0.3, -0.25) is 0 Å². The molecule has 1 aliphatic carbocycles. The van der Waals surface area contributed by atoms with Gasteiger partial charge in [0.15, 0.2) is 0 Å². The van der Waals surface area contributed by atoms with Crippen LogP contribution in [0.4, 0.5) is 8.78 Å². The molecule has 3 atom stereocenters. The number of alkyl halides is 3. The van der Waals surface area contributed by atoms with Crippen LogP contribution in [0, 0.1) is 5.92 Å². The van der Waals surface area contributed by atoms with Gasteiger partial charge in [-0.25, -0.2) is 8.78 Å². The molecule has 0 saturated heterocycles. The summed E-state index contributed by atoms with van der Waals surface area (Å²) >= 11 is 12.3. The van der Waals surface area contributed by atoms with E-state index in [0.717, 1.165) is 11.1 Å². The van der Waals surface area contributed by atoms with E-state index in [1.807, 2.05) is 13.8 Å². The summed E-state index contributed by atoms with van der Waals surface area (Å²) in [5, 5.41) is 0.322. The van der Waals surface area contributed by atoms with Crippen molar-refractivity contribution in [2.75, 3.05) is 0 Å². The molecule has 1 aliphatic rings. The minimum Gasteiger partial charge on any atom is -0.205 e. The molecule has 0 bridgehead atoms. The topological polar surface area (TPSA) is 0 Å². The zero-order chi connectivity index (χ0) is 13.7. The fraction of sp³-hybridized carbons (Fsp3) is 0.429. The average molecular weight is 291 g/mol. The van der Waals surface area contributed by atoms with Crippen molar-refractivity contribution in [2.45, 2.75) is 31.1 Å². The van der Waals surface area contributed by atoms with Crippen LogP contribution in [0.15, 0.2) is 30.4 Å². The first-order valence-corrected chi connectivity index (χ1v) is 6.43. The number of benzene rings is 1. The molecular formula is C14H14Cl2F2. The number of halogens is 4. The van der Waals surface area contributed by atoms with Crippen LogP contribution in [0.5, 0.6) is 0 Å². The Bertz CT molecular complexity index is 495. The highest BCUT2D eigenvalue weighted by Crippen LogP contribution is 2.64. The first kappa shape index (κ1) is 13.8. The fourth-order valence-electron chi connectivity index (χ4n) is 2.71. The molecule has 0 aromatic heterocycles. The summed E-state index contributed by atoms with van der Waals surface area (Å²) in [6.45, 7) is 7.71. The van der Waals surface area contributed by atoms with Crippen molar-refractivity contribution in [3.05, 3.63) is 46.5 Å². The van der Waals surface area contributed by atoms with Gasteiger partial charge >= 0.3 is 0 Å². The van der Waals surface area contributed by atoms with E-state index in [4.69, 9.17) is 23.2 Å². The Morgan fingerprint density at radius 1 is 1.39 bits per heavy atom. The van der Waals surface area contributed by atoms with E-state index in [1.165, 1.54) is 12.1 Å². The van der Waals surface area contributed by atoms with Crippen LogP contribution >= 0.6 is 23.2 Å². The molecular weight excluding hydrogens is 277 g/mol. The van der Waals surface area contributed by atoms with E-state index in [-0.39, 0.29) is 17.4 Å². The van der Waals surface area contributed by atoms with Gasteiger partial charge in [-0.15, -0.1) is 11.6 Å². The van der Waals surface area contributed by atoms with Crippen molar-refractivity contribution in [3.63, 3.8) is 0 Å². The third-order valence-electron chi connectivity index (χ3n) is 3.52. The van der Waals surface area contributed by atoms with Gasteiger partial charge in [0.1, 0.15) is 0 Å². The minimum absolute atomic E-state index is 0.00728. The van der Waals surface area contributed by atoms with E-state index in [9.17, 15) is 8.78 Å². The van der Waals surface area contributed by atoms with Crippen LogP contribution in [0.1, 0.15) is 37.3 Å². The van der Waals surface area contributed by atoms with Crippen molar-refractivity contribution in [2.24, 2.45) is 5.92 Å². The first-order valence-electron chi connectivity index (χ1n) is 5.68. The van der Waals surface area contributed by atoms with Crippen molar-refractivity contribution in [1.82, 2.24) is 0 Å². The molecule has 1 aromatic carbocycles. The highest BCUT2D eigenvalue weighted by atomic mass is 35.5. The SMILES string of the molecule is C=C(C)C1C(c2cc(Cl)cc(C(F)F)c2)C1(C)Cl. The lowest BCUT2D eigenvalue weighted by Crippen LogP contribution is -1.96. The first-order chi connectivity index (χ1) is 8.25. The highest BCUT2D eigenvalue weighted by Gasteiger charge is 2.61. The van der Waals surface area contributed by atoms with Crippen LogP contribution < -0.4 is 0 Å². The molecule has 0 aliphatic heterocycles. The average Bonchev–Trinajstić information content (AvgIpc) is 2.80. The maximum Gasteiger partial charge on any atom is 0.263 e. The van der Waals surface area contributed by atoms with Gasteiger partial charge in [0.2, 0.25) is 0 Å². The maximum atomic E-state index is 12.7. The lowest BCUT2D eigenvalue weighted by Gasteiger charge is -2.06. The molecule has 0 nitrogen and oxygen atoms in total. The van der Waals surface area contributed by atoms with Crippen LogP contribution in [0.3, 0.4) is 0 Å². The summed E-state index contributed by atoms with van der Waals surface area (Å²) in [4.78, 5) is -0.449. The molecule has 2 rings (SSSR count). The molecule has 1 aromatic rings. The summed E-state index contributed by atoms with van der Waals surface area (Å²) in [6.07, 6.45) is -2.52. The van der Waals surface area contributed by atoms with Gasteiger partial charge in [-0.2, -0.15) is 0 Å². The monoisotopic (exact) mass is 290 g/mol. The molecule has 0 spiro atoms. The summed E-state index contributed by atoms with van der Waals surface area (Å²) in [7, 11) is 0. The molecule has 0 N–H and O–H groups in total. The summed E-state index contributed by atoms with van der Waals surface area (Å²) in [6, 6.07) is 4.49. The molecule has 4 heteroatoms. The van der Waals surface area contributed by atoms with E-state index in [2.05, 4.69) is 6.58 Å². The third kappa shape index (κ3) is 2.28. The Balaban J connectivity index is 2.39. The lowest BCUT2D eigenvalue weighted by atomic mass is 10.0. The van der Waals surface area contributed by atoms with Crippen molar-refractivity contribution >= 4 is 23.2 Å². The Labute approximate surface area is 116 Å². The van der Waals surface area contributed by atoms with Gasteiger partial charge in [-0.1, -0.05) is 23.8 Å². The Hall–Kier alpha value is -0.600. The number of allylic oxidation sites excluding steroid dienone is 1. The van der Waals surface area contributed by atoms with Crippen LogP contribution in [0.25, 0.3) is 0 Å². The molecule has 1 saturated carbocycles. The van der Waals surface area contributed by atoms with Crippen LogP contribution in [-0.4, -0.2) is 4.87 Å². The fourth-order valence-corrected chi connectivity index (χ4v) is 3.46. The van der Waals surface area contributed by atoms with E-state index < -0.39 is 11.3 Å². The van der Waals surface area contributed by atoms with E-state index in [1.54, 1.807) is 6.07 Å². The van der Waals surface area contributed by atoms with Gasteiger partial charge < -0.3 is 0 Å². The van der Waals surface area contributed by atoms with Gasteiger partial charge in [-0.05, 0) is 37.6 Å². The second kappa shape index (κ2) is 4.50. The highest BCUT2D eigenvalue weighted by molar-refractivity contribution is 6.31. The third-order valence-corrected chi connectivity index (χ3v) is 4.21. The molecule has 98 valence electrons. The van der Waals surface area contributed by atoms with E-state index in [0.29, 0.717) is 5.02 Å². The smallest absolute Gasteiger partial charge is 0.205 e. The number of hydrogen-bond donors (Lipinski definition) is 0. The maximum absolute atomic E-state index is 12.7. The molecule has 0 heterocycles. The minimum atomic E-state index is -2.52. The van der Waals surface area contributed by atoms with Gasteiger partial charge in [0.25, 0.3) is 6.43 Å². The molecule has 18 heavy (non-hydrogen) atoms. The molecule has 1 fully saturated rings. The van der Waals surface area contributed by atoms with Crippen molar-refractivity contribution < 1.29 is 8.78 Å². The number of hydrogen-bond acceptors (Lipinski definition) is 0. The predicted molar refractivity (Wildman–Crippen MR) is 71.7 cm³/mol. The van der Waals surface area contributed by atoms with Gasteiger partial charge in [0.05, 0.1) is 4.87 Å². The summed E-state index contributed by atoms with van der Waals surface area (Å²) in [5.41, 5.74) is 1.68. The lowest BCUT2D eigenvalue weighted by molar-refractivity contribution is 0.151. The Morgan fingerprint density at radius 2 is 2.00 bits per heavy atom. The van der Waals surface area contributed by atoms with Crippen LogP contribution in [0.2, 0.25) is 5.02 Å². The van der Waals surface area contributed by atoms with Crippen LogP contribution in [-0.2, 0) is 0 Å². The zero-order valence-electron chi connectivity index (χ0n) is 10.2. The van der Waals surface area contributed by atoms with Gasteiger partial charge in [0, 0.05) is 22.4 Å².